The molecule has 0 saturated heterocycles. The highest BCUT2D eigenvalue weighted by Gasteiger charge is 2.48. The summed E-state index contributed by atoms with van der Waals surface area (Å²) in [6.45, 7) is 0. The molecule has 142 valence electrons. The molecule has 3 rings (SSSR count). The van der Waals surface area contributed by atoms with Gasteiger partial charge >= 0.3 is 12.2 Å². The van der Waals surface area contributed by atoms with E-state index in [0.29, 0.717) is 24.2 Å². The van der Waals surface area contributed by atoms with Gasteiger partial charge in [0, 0.05) is 23.3 Å². The number of rotatable bonds is 4. The third-order valence-electron chi connectivity index (χ3n) is 4.85. The van der Waals surface area contributed by atoms with Gasteiger partial charge in [0.2, 0.25) is 5.91 Å². The maximum Gasteiger partial charge on any atom is 0.392 e. The van der Waals surface area contributed by atoms with Crippen molar-refractivity contribution in [2.24, 2.45) is 11.8 Å². The minimum absolute atomic E-state index is 0.000546. The van der Waals surface area contributed by atoms with Crippen molar-refractivity contribution in [1.29, 1.82) is 0 Å². The van der Waals surface area contributed by atoms with E-state index in [1.807, 2.05) is 0 Å². The first kappa shape index (κ1) is 18.5. The zero-order valence-corrected chi connectivity index (χ0v) is 14.2. The van der Waals surface area contributed by atoms with Gasteiger partial charge in [-0.2, -0.15) is 13.2 Å². The molecule has 3 amide bonds. The molecule has 26 heavy (non-hydrogen) atoms. The molecule has 0 heterocycles. The van der Waals surface area contributed by atoms with Crippen molar-refractivity contribution in [3.8, 4) is 0 Å². The molecule has 0 spiro atoms. The number of hydrogen-bond acceptors (Lipinski definition) is 2. The minimum Gasteiger partial charge on any atom is -0.335 e. The standard InChI is InChI=1S/C18H22F3N3O2/c19-18(20,21)15-4-2-1-3-14(15)16(25)22-11-5-7-12(8-6-11)23-17(26)24-13-9-10-13/h5-8,13-15H,1-4,9-10H2,(H,22,25)(H2,23,24,26)/t14-,15+/m0/s1. The van der Waals surface area contributed by atoms with Gasteiger partial charge in [0.05, 0.1) is 5.92 Å². The molecule has 0 radical (unpaired) electrons. The summed E-state index contributed by atoms with van der Waals surface area (Å²) in [6, 6.07) is 6.28. The Hall–Kier alpha value is -2.25. The van der Waals surface area contributed by atoms with Crippen LogP contribution in [0.5, 0.6) is 0 Å². The predicted octanol–water partition coefficient (Wildman–Crippen LogP) is 4.28. The third kappa shape index (κ3) is 4.89. The first-order chi connectivity index (χ1) is 12.3. The van der Waals surface area contributed by atoms with Crippen LogP contribution in [0.1, 0.15) is 38.5 Å². The molecular formula is C18H22F3N3O2. The Morgan fingerprint density at radius 3 is 2.04 bits per heavy atom. The maximum absolute atomic E-state index is 13.1. The van der Waals surface area contributed by atoms with Crippen LogP contribution < -0.4 is 16.0 Å². The van der Waals surface area contributed by atoms with Crippen LogP contribution in [0.25, 0.3) is 0 Å². The molecule has 2 atom stereocenters. The third-order valence-corrected chi connectivity index (χ3v) is 4.85. The fourth-order valence-electron chi connectivity index (χ4n) is 3.29. The van der Waals surface area contributed by atoms with Crippen molar-refractivity contribution in [3.05, 3.63) is 24.3 Å². The second kappa shape index (κ2) is 7.55. The Bertz CT molecular complexity index is 657. The van der Waals surface area contributed by atoms with Crippen molar-refractivity contribution < 1.29 is 22.8 Å². The van der Waals surface area contributed by atoms with Crippen molar-refractivity contribution in [2.75, 3.05) is 10.6 Å². The van der Waals surface area contributed by atoms with Gasteiger partial charge in [-0.3, -0.25) is 4.79 Å². The van der Waals surface area contributed by atoms with Gasteiger partial charge in [0.1, 0.15) is 0 Å². The molecule has 1 aromatic carbocycles. The highest BCUT2D eigenvalue weighted by atomic mass is 19.4. The second-order valence-electron chi connectivity index (χ2n) is 6.98. The molecule has 5 nitrogen and oxygen atoms in total. The molecular weight excluding hydrogens is 347 g/mol. The molecule has 2 fully saturated rings. The van der Waals surface area contributed by atoms with E-state index in [1.165, 1.54) is 0 Å². The molecule has 0 aliphatic heterocycles. The number of anilines is 2. The van der Waals surface area contributed by atoms with Gasteiger partial charge in [-0.1, -0.05) is 12.8 Å². The Kier molecular flexibility index (Phi) is 5.38. The summed E-state index contributed by atoms with van der Waals surface area (Å²) in [7, 11) is 0. The molecule has 0 unspecified atom stereocenters. The molecule has 2 aliphatic carbocycles. The highest BCUT2D eigenvalue weighted by molar-refractivity contribution is 5.94. The van der Waals surface area contributed by atoms with Crippen molar-refractivity contribution >= 4 is 23.3 Å². The molecule has 1 aromatic rings. The number of benzene rings is 1. The molecule has 8 heteroatoms. The summed E-state index contributed by atoms with van der Waals surface area (Å²) < 4.78 is 39.4. The number of nitrogens with one attached hydrogen (secondary N) is 3. The zero-order chi connectivity index (χ0) is 18.7. The number of carbonyl (C=O) groups is 2. The van der Waals surface area contributed by atoms with Gasteiger partial charge < -0.3 is 16.0 Å². The van der Waals surface area contributed by atoms with E-state index in [4.69, 9.17) is 0 Å². The van der Waals surface area contributed by atoms with Crippen molar-refractivity contribution in [1.82, 2.24) is 5.32 Å². The average molecular weight is 369 g/mol. The SMILES string of the molecule is O=C(Nc1ccc(NC(=O)[C@H]2CCCC[C@H]2C(F)(F)F)cc1)NC1CC1. The largest absolute Gasteiger partial charge is 0.392 e. The van der Waals surface area contributed by atoms with Crippen LogP contribution in [0.4, 0.5) is 29.3 Å². The normalized spacial score (nSPS) is 23.2. The fraction of sp³-hybridized carbons (Fsp3) is 0.556. The minimum atomic E-state index is -4.36. The summed E-state index contributed by atoms with van der Waals surface area (Å²) in [4.78, 5) is 24.0. The van der Waals surface area contributed by atoms with E-state index in [0.717, 1.165) is 12.8 Å². The lowest BCUT2D eigenvalue weighted by molar-refractivity contribution is -0.197. The Morgan fingerprint density at radius 1 is 0.885 bits per heavy atom. The smallest absolute Gasteiger partial charge is 0.335 e. The maximum atomic E-state index is 13.1. The van der Waals surface area contributed by atoms with Crippen molar-refractivity contribution in [3.63, 3.8) is 0 Å². The lowest BCUT2D eigenvalue weighted by Crippen LogP contribution is -2.39. The summed E-state index contributed by atoms with van der Waals surface area (Å²) in [5.41, 5.74) is 0.960. The quantitative estimate of drug-likeness (QED) is 0.741. The average Bonchev–Trinajstić information content (AvgIpc) is 3.39. The number of halogens is 3. The topological polar surface area (TPSA) is 70.2 Å². The first-order valence-electron chi connectivity index (χ1n) is 8.88. The molecule has 0 aromatic heterocycles. The Morgan fingerprint density at radius 2 is 1.46 bits per heavy atom. The molecule has 3 N–H and O–H groups in total. The second-order valence-corrected chi connectivity index (χ2v) is 6.98. The van der Waals surface area contributed by atoms with Crippen LogP contribution in [0.3, 0.4) is 0 Å². The first-order valence-corrected chi connectivity index (χ1v) is 8.88. The number of amides is 3. The summed E-state index contributed by atoms with van der Waals surface area (Å²) in [6.07, 6.45) is -1.01. The number of alkyl halides is 3. The van der Waals surface area contributed by atoms with Gasteiger partial charge in [-0.15, -0.1) is 0 Å². The van der Waals surface area contributed by atoms with Gasteiger partial charge in [-0.05, 0) is 49.9 Å². The van der Waals surface area contributed by atoms with E-state index in [1.54, 1.807) is 24.3 Å². The van der Waals surface area contributed by atoms with E-state index in [-0.39, 0.29) is 24.9 Å². The highest BCUT2D eigenvalue weighted by Crippen LogP contribution is 2.41. The van der Waals surface area contributed by atoms with Crippen LogP contribution >= 0.6 is 0 Å². The lowest BCUT2D eigenvalue weighted by atomic mass is 9.78. The Balaban J connectivity index is 1.57. The summed E-state index contributed by atoms with van der Waals surface area (Å²) >= 11 is 0. The van der Waals surface area contributed by atoms with Gasteiger partial charge in [0.15, 0.2) is 0 Å². The summed E-state index contributed by atoms with van der Waals surface area (Å²) in [5, 5.41) is 8.03. The lowest BCUT2D eigenvalue weighted by Gasteiger charge is -2.32. The van der Waals surface area contributed by atoms with Crippen LogP contribution in [-0.2, 0) is 4.79 Å². The zero-order valence-electron chi connectivity index (χ0n) is 14.2. The van der Waals surface area contributed by atoms with Gasteiger partial charge in [0.25, 0.3) is 0 Å². The van der Waals surface area contributed by atoms with Gasteiger partial charge in [-0.25, -0.2) is 4.79 Å². The van der Waals surface area contributed by atoms with Crippen LogP contribution in [0.15, 0.2) is 24.3 Å². The monoisotopic (exact) mass is 369 g/mol. The van der Waals surface area contributed by atoms with E-state index < -0.39 is 23.9 Å². The molecule has 2 saturated carbocycles. The molecule has 0 bridgehead atoms. The van der Waals surface area contributed by atoms with E-state index in [9.17, 15) is 22.8 Å². The molecule has 2 aliphatic rings. The van der Waals surface area contributed by atoms with Crippen LogP contribution in [0, 0.1) is 11.8 Å². The summed E-state index contributed by atoms with van der Waals surface area (Å²) in [5.74, 6) is -3.23. The van der Waals surface area contributed by atoms with Crippen LogP contribution in [-0.4, -0.2) is 24.2 Å². The predicted molar refractivity (Wildman–Crippen MR) is 91.8 cm³/mol. The van der Waals surface area contributed by atoms with Crippen LogP contribution in [0.2, 0.25) is 0 Å². The number of hydrogen-bond donors (Lipinski definition) is 3. The van der Waals surface area contributed by atoms with Crippen molar-refractivity contribution in [2.45, 2.75) is 50.7 Å². The van der Waals surface area contributed by atoms with E-state index in [2.05, 4.69) is 16.0 Å². The fourth-order valence-corrected chi connectivity index (χ4v) is 3.29. The Labute approximate surface area is 149 Å². The number of carbonyl (C=O) groups excluding carboxylic acids is 2. The number of urea groups is 1. The van der Waals surface area contributed by atoms with E-state index >= 15 is 0 Å².